The van der Waals surface area contributed by atoms with Crippen molar-refractivity contribution in [3.63, 3.8) is 0 Å². The average molecular weight is 464 g/mol. The van der Waals surface area contributed by atoms with Crippen LogP contribution in [0, 0.1) is 0 Å². The van der Waals surface area contributed by atoms with Crippen LogP contribution in [0.5, 0.6) is 5.75 Å². The van der Waals surface area contributed by atoms with Gasteiger partial charge >= 0.3 is 0 Å². The van der Waals surface area contributed by atoms with Crippen LogP contribution in [-0.4, -0.2) is 12.0 Å². The maximum atomic E-state index is 13.0. The van der Waals surface area contributed by atoms with Crippen molar-refractivity contribution in [2.75, 3.05) is 5.32 Å². The molecule has 0 saturated heterocycles. The number of hydrogen-bond donors (Lipinski definition) is 1. The highest BCUT2D eigenvalue weighted by atomic mass is 35.5. The topological polar surface area (TPSA) is 38.3 Å². The summed E-state index contributed by atoms with van der Waals surface area (Å²) in [5, 5.41) is 3.82. The van der Waals surface area contributed by atoms with Crippen LogP contribution in [0.15, 0.2) is 36.4 Å². The van der Waals surface area contributed by atoms with E-state index in [1.54, 1.807) is 18.2 Å². The Labute approximate surface area is 197 Å². The van der Waals surface area contributed by atoms with Crippen molar-refractivity contribution >= 4 is 34.8 Å². The van der Waals surface area contributed by atoms with Gasteiger partial charge in [0.15, 0.2) is 6.10 Å². The normalized spacial score (nSPS) is 13.1. The number of halogens is 2. The number of ether oxygens (including phenoxy) is 1. The van der Waals surface area contributed by atoms with Crippen LogP contribution in [-0.2, 0) is 15.6 Å². The Morgan fingerprint density at radius 2 is 1.52 bits per heavy atom. The Bertz CT molecular complexity index is 901. The molecule has 1 unspecified atom stereocenters. The highest BCUT2D eigenvalue weighted by molar-refractivity contribution is 6.35. The number of amides is 1. The van der Waals surface area contributed by atoms with Gasteiger partial charge in [-0.25, -0.2) is 0 Å². The van der Waals surface area contributed by atoms with Crippen molar-refractivity contribution < 1.29 is 9.53 Å². The molecule has 0 spiro atoms. The fourth-order valence-corrected chi connectivity index (χ4v) is 3.83. The van der Waals surface area contributed by atoms with Gasteiger partial charge in [-0.1, -0.05) is 83.8 Å². The lowest BCUT2D eigenvalue weighted by Crippen LogP contribution is -2.33. The lowest BCUT2D eigenvalue weighted by Gasteiger charge is -2.31. The predicted molar refractivity (Wildman–Crippen MR) is 133 cm³/mol. The molecule has 5 heteroatoms. The van der Waals surface area contributed by atoms with E-state index in [9.17, 15) is 4.79 Å². The molecule has 0 bridgehead atoms. The van der Waals surface area contributed by atoms with Crippen LogP contribution in [0.1, 0.15) is 78.9 Å². The molecule has 0 aliphatic heterocycles. The average Bonchev–Trinajstić information content (AvgIpc) is 2.70. The molecule has 0 heterocycles. The van der Waals surface area contributed by atoms with E-state index in [-0.39, 0.29) is 16.7 Å². The third kappa shape index (κ3) is 6.40. The molecule has 0 radical (unpaired) electrons. The molecule has 1 N–H and O–H groups in total. The minimum atomic E-state index is -0.630. The first-order valence-electron chi connectivity index (χ1n) is 11.0. The SMILES string of the molecule is CCC(Oc1ccc(C(C)(C)CC)cc1C(C)(C)CC)C(=O)Nc1cc(Cl)cc(Cl)c1. The first-order chi connectivity index (χ1) is 14.4. The quantitative estimate of drug-likeness (QED) is 0.406. The largest absolute Gasteiger partial charge is 0.480 e. The number of anilines is 1. The molecule has 0 saturated carbocycles. The molecule has 2 rings (SSSR count). The van der Waals surface area contributed by atoms with Gasteiger partial charge in [-0.2, -0.15) is 0 Å². The molecule has 1 amide bonds. The van der Waals surface area contributed by atoms with Crippen molar-refractivity contribution in [2.45, 2.75) is 84.7 Å². The van der Waals surface area contributed by atoms with Crippen molar-refractivity contribution in [3.05, 3.63) is 57.6 Å². The van der Waals surface area contributed by atoms with E-state index in [0.29, 0.717) is 22.2 Å². The van der Waals surface area contributed by atoms with Crippen molar-refractivity contribution in [1.29, 1.82) is 0 Å². The van der Waals surface area contributed by atoms with E-state index in [0.717, 1.165) is 24.2 Å². The van der Waals surface area contributed by atoms with Gasteiger partial charge in [-0.05, 0) is 59.9 Å². The maximum absolute atomic E-state index is 13.0. The highest BCUT2D eigenvalue weighted by Gasteiger charge is 2.28. The standard InChI is InChI=1S/C26H35Cl2NO2/c1-8-22(24(30)29-20-15-18(27)14-19(28)16-20)31-23-12-11-17(25(4,5)9-2)13-21(23)26(6,7)10-3/h11-16,22H,8-10H2,1-7H3,(H,29,30). The monoisotopic (exact) mass is 463 g/mol. The molecule has 0 aliphatic carbocycles. The molecule has 0 fully saturated rings. The molecule has 170 valence electrons. The predicted octanol–water partition coefficient (Wildman–Crippen LogP) is 8.16. The van der Waals surface area contributed by atoms with Crippen molar-refractivity contribution in [3.8, 4) is 5.75 Å². The number of nitrogens with one attached hydrogen (secondary N) is 1. The third-order valence-corrected chi connectivity index (χ3v) is 6.76. The van der Waals surface area contributed by atoms with E-state index in [4.69, 9.17) is 27.9 Å². The molecule has 2 aromatic rings. The summed E-state index contributed by atoms with van der Waals surface area (Å²) in [6.45, 7) is 15.3. The summed E-state index contributed by atoms with van der Waals surface area (Å²) in [5.41, 5.74) is 2.96. The summed E-state index contributed by atoms with van der Waals surface area (Å²) in [6.07, 6.45) is 1.91. The zero-order valence-corrected chi connectivity index (χ0v) is 21.2. The number of benzene rings is 2. The highest BCUT2D eigenvalue weighted by Crippen LogP contribution is 2.39. The van der Waals surface area contributed by atoms with Crippen LogP contribution in [0.4, 0.5) is 5.69 Å². The Kier molecular flexibility index (Phi) is 8.47. The first kappa shape index (κ1) is 25.5. The van der Waals surface area contributed by atoms with Gasteiger partial charge in [0.2, 0.25) is 0 Å². The van der Waals surface area contributed by atoms with Gasteiger partial charge in [0.25, 0.3) is 5.91 Å². The fourth-order valence-electron chi connectivity index (χ4n) is 3.30. The Balaban J connectivity index is 2.36. The zero-order chi connectivity index (χ0) is 23.4. The molecule has 0 aliphatic rings. The second-order valence-corrected chi connectivity index (χ2v) is 10.2. The lowest BCUT2D eigenvalue weighted by molar-refractivity contribution is -0.122. The minimum Gasteiger partial charge on any atom is -0.480 e. The van der Waals surface area contributed by atoms with Crippen molar-refractivity contribution in [1.82, 2.24) is 0 Å². The summed E-state index contributed by atoms with van der Waals surface area (Å²) in [4.78, 5) is 13.0. The summed E-state index contributed by atoms with van der Waals surface area (Å²) >= 11 is 12.1. The van der Waals surface area contributed by atoms with Crippen LogP contribution >= 0.6 is 23.2 Å². The van der Waals surface area contributed by atoms with Gasteiger partial charge in [0, 0.05) is 21.3 Å². The van der Waals surface area contributed by atoms with Crippen LogP contribution in [0.25, 0.3) is 0 Å². The minimum absolute atomic E-state index is 0.0739. The second-order valence-electron chi connectivity index (χ2n) is 9.35. The summed E-state index contributed by atoms with van der Waals surface area (Å²) in [5.74, 6) is 0.535. The number of carbonyl (C=O) groups is 1. The molecular formula is C26H35Cl2NO2. The van der Waals surface area contributed by atoms with Crippen LogP contribution in [0.3, 0.4) is 0 Å². The number of rotatable bonds is 9. The van der Waals surface area contributed by atoms with Gasteiger partial charge in [0.1, 0.15) is 5.75 Å². The van der Waals surface area contributed by atoms with E-state index in [1.807, 2.05) is 13.0 Å². The van der Waals surface area contributed by atoms with Crippen molar-refractivity contribution in [2.24, 2.45) is 0 Å². The van der Waals surface area contributed by atoms with Gasteiger partial charge in [-0.15, -0.1) is 0 Å². The van der Waals surface area contributed by atoms with Crippen LogP contribution in [0.2, 0.25) is 10.0 Å². The fraction of sp³-hybridized carbons (Fsp3) is 0.500. The smallest absolute Gasteiger partial charge is 0.265 e. The summed E-state index contributed by atoms with van der Waals surface area (Å²) < 4.78 is 6.30. The van der Waals surface area contributed by atoms with E-state index in [1.165, 1.54) is 5.56 Å². The Morgan fingerprint density at radius 1 is 0.935 bits per heavy atom. The zero-order valence-electron chi connectivity index (χ0n) is 19.7. The molecule has 3 nitrogen and oxygen atoms in total. The summed E-state index contributed by atoms with van der Waals surface area (Å²) in [6, 6.07) is 11.4. The number of hydrogen-bond acceptors (Lipinski definition) is 2. The molecule has 2 aromatic carbocycles. The van der Waals surface area contributed by atoms with Gasteiger partial charge in [-0.3, -0.25) is 4.79 Å². The summed E-state index contributed by atoms with van der Waals surface area (Å²) in [7, 11) is 0. The second kappa shape index (κ2) is 10.3. The van der Waals surface area contributed by atoms with E-state index in [2.05, 4.69) is 59.0 Å². The Morgan fingerprint density at radius 3 is 2.03 bits per heavy atom. The lowest BCUT2D eigenvalue weighted by atomic mass is 9.76. The van der Waals surface area contributed by atoms with Crippen LogP contribution < -0.4 is 10.1 Å². The number of carbonyl (C=O) groups excluding carboxylic acids is 1. The van der Waals surface area contributed by atoms with Gasteiger partial charge in [0.05, 0.1) is 0 Å². The van der Waals surface area contributed by atoms with E-state index >= 15 is 0 Å². The molecule has 31 heavy (non-hydrogen) atoms. The first-order valence-corrected chi connectivity index (χ1v) is 11.8. The molecule has 1 atom stereocenters. The molecular weight excluding hydrogens is 429 g/mol. The maximum Gasteiger partial charge on any atom is 0.265 e. The molecule has 0 aromatic heterocycles. The Hall–Kier alpha value is -1.71. The van der Waals surface area contributed by atoms with E-state index < -0.39 is 6.10 Å². The third-order valence-electron chi connectivity index (χ3n) is 6.32. The van der Waals surface area contributed by atoms with Gasteiger partial charge < -0.3 is 10.1 Å².